The Morgan fingerprint density at radius 2 is 2.00 bits per heavy atom. The smallest absolute Gasteiger partial charge is 0.0410 e. The summed E-state index contributed by atoms with van der Waals surface area (Å²) in [5.74, 6) is 0. The maximum absolute atomic E-state index is 4.16. The fourth-order valence-electron chi connectivity index (χ4n) is 1.76. The van der Waals surface area contributed by atoms with Gasteiger partial charge in [0.15, 0.2) is 0 Å². The van der Waals surface area contributed by atoms with Gasteiger partial charge in [-0.15, -0.1) is 0 Å². The van der Waals surface area contributed by atoms with Crippen molar-refractivity contribution in [1.82, 2.24) is 10.3 Å². The van der Waals surface area contributed by atoms with Gasteiger partial charge in [-0.3, -0.25) is 4.98 Å². The van der Waals surface area contributed by atoms with E-state index in [1.807, 2.05) is 12.3 Å². The number of nitrogens with one attached hydrogen (secondary N) is 1. The van der Waals surface area contributed by atoms with Crippen LogP contribution >= 0.6 is 31.9 Å². The third kappa shape index (κ3) is 3.64. The summed E-state index contributed by atoms with van der Waals surface area (Å²) in [4.78, 5) is 4.16. The highest BCUT2D eigenvalue weighted by atomic mass is 79.9. The summed E-state index contributed by atoms with van der Waals surface area (Å²) in [5.41, 5.74) is 2.43. The van der Waals surface area contributed by atoms with Gasteiger partial charge in [0, 0.05) is 33.9 Å². The van der Waals surface area contributed by atoms with E-state index in [1.54, 1.807) is 6.20 Å². The summed E-state index contributed by atoms with van der Waals surface area (Å²) in [5, 5.41) is 3.49. The van der Waals surface area contributed by atoms with Crippen molar-refractivity contribution in [2.45, 2.75) is 19.5 Å². The van der Waals surface area contributed by atoms with Gasteiger partial charge in [0.1, 0.15) is 0 Å². The lowest BCUT2D eigenvalue weighted by Gasteiger charge is -2.15. The second-order valence-electron chi connectivity index (χ2n) is 4.14. The Morgan fingerprint density at radius 1 is 1.22 bits per heavy atom. The number of benzene rings is 1. The molecule has 0 saturated carbocycles. The zero-order chi connectivity index (χ0) is 13.0. The minimum atomic E-state index is 0.291. The Labute approximate surface area is 124 Å². The van der Waals surface area contributed by atoms with Crippen LogP contribution in [0, 0.1) is 0 Å². The van der Waals surface area contributed by atoms with E-state index in [2.05, 4.69) is 73.3 Å². The van der Waals surface area contributed by atoms with Gasteiger partial charge in [0.05, 0.1) is 0 Å². The van der Waals surface area contributed by atoms with E-state index in [1.165, 1.54) is 11.1 Å². The van der Waals surface area contributed by atoms with E-state index in [0.29, 0.717) is 6.04 Å². The monoisotopic (exact) mass is 368 g/mol. The molecule has 2 nitrogen and oxygen atoms in total. The molecule has 1 aromatic carbocycles. The molecular formula is C14H14Br2N2. The van der Waals surface area contributed by atoms with Crippen molar-refractivity contribution in [2.75, 3.05) is 0 Å². The molecule has 2 rings (SSSR count). The molecule has 18 heavy (non-hydrogen) atoms. The Balaban J connectivity index is 2.00. The van der Waals surface area contributed by atoms with Crippen LogP contribution in [-0.4, -0.2) is 4.98 Å². The number of pyridine rings is 1. The lowest BCUT2D eigenvalue weighted by Crippen LogP contribution is -2.18. The molecule has 0 aliphatic rings. The fraction of sp³-hybridized carbons (Fsp3) is 0.214. The van der Waals surface area contributed by atoms with Gasteiger partial charge in [0.25, 0.3) is 0 Å². The highest BCUT2D eigenvalue weighted by Crippen LogP contribution is 2.23. The van der Waals surface area contributed by atoms with Crippen molar-refractivity contribution in [3.8, 4) is 0 Å². The van der Waals surface area contributed by atoms with Crippen LogP contribution in [0.3, 0.4) is 0 Å². The summed E-state index contributed by atoms with van der Waals surface area (Å²) in [6, 6.07) is 10.6. The van der Waals surface area contributed by atoms with Gasteiger partial charge in [-0.1, -0.05) is 34.1 Å². The number of hydrogen-bond donors (Lipinski definition) is 1. The molecule has 0 aliphatic carbocycles. The second-order valence-corrected chi connectivity index (χ2v) is 5.91. The predicted octanol–water partition coefficient (Wildman–Crippen LogP) is 4.46. The van der Waals surface area contributed by atoms with Crippen LogP contribution in [0.25, 0.3) is 0 Å². The molecule has 4 heteroatoms. The fourth-order valence-corrected chi connectivity index (χ4v) is 2.80. The van der Waals surface area contributed by atoms with E-state index in [-0.39, 0.29) is 0 Å². The standard InChI is InChI=1S/C14H14Br2N2/c1-10(13-4-2-3-5-14(13)16)18-8-11-6-12(15)9-17-7-11/h2-7,9-10,18H,8H2,1H3/t10-/m0/s1. The Bertz CT molecular complexity index is 529. The van der Waals surface area contributed by atoms with Crippen molar-refractivity contribution in [3.63, 3.8) is 0 Å². The number of halogens is 2. The van der Waals surface area contributed by atoms with E-state index < -0.39 is 0 Å². The molecule has 0 amide bonds. The first-order valence-corrected chi connectivity index (χ1v) is 7.32. The van der Waals surface area contributed by atoms with Gasteiger partial charge >= 0.3 is 0 Å². The highest BCUT2D eigenvalue weighted by Gasteiger charge is 2.08. The zero-order valence-corrected chi connectivity index (χ0v) is 13.2. The Morgan fingerprint density at radius 3 is 2.72 bits per heavy atom. The summed E-state index contributed by atoms with van der Waals surface area (Å²) in [6.45, 7) is 2.96. The van der Waals surface area contributed by atoms with Crippen molar-refractivity contribution >= 4 is 31.9 Å². The van der Waals surface area contributed by atoms with Crippen LogP contribution in [0.15, 0.2) is 51.7 Å². The van der Waals surface area contributed by atoms with Gasteiger partial charge < -0.3 is 5.32 Å². The van der Waals surface area contributed by atoms with Crippen LogP contribution in [0.1, 0.15) is 24.1 Å². The number of aromatic nitrogens is 1. The molecule has 0 aliphatic heterocycles. The van der Waals surface area contributed by atoms with Gasteiger partial charge in [-0.05, 0) is 46.1 Å². The van der Waals surface area contributed by atoms with E-state index in [4.69, 9.17) is 0 Å². The molecule has 94 valence electrons. The Hall–Kier alpha value is -0.710. The molecule has 0 radical (unpaired) electrons. The minimum Gasteiger partial charge on any atom is -0.306 e. The summed E-state index contributed by atoms with van der Waals surface area (Å²) in [7, 11) is 0. The molecule has 1 aromatic heterocycles. The molecule has 1 heterocycles. The third-order valence-electron chi connectivity index (χ3n) is 2.75. The van der Waals surface area contributed by atoms with Crippen molar-refractivity contribution in [1.29, 1.82) is 0 Å². The molecule has 0 spiro atoms. The number of hydrogen-bond acceptors (Lipinski definition) is 2. The van der Waals surface area contributed by atoms with Crippen LogP contribution in [0.4, 0.5) is 0 Å². The topological polar surface area (TPSA) is 24.9 Å². The lowest BCUT2D eigenvalue weighted by molar-refractivity contribution is 0.572. The molecule has 0 bridgehead atoms. The minimum absolute atomic E-state index is 0.291. The lowest BCUT2D eigenvalue weighted by atomic mass is 10.1. The van der Waals surface area contributed by atoms with Gasteiger partial charge in [0.2, 0.25) is 0 Å². The molecule has 1 N–H and O–H groups in total. The van der Waals surface area contributed by atoms with Crippen LogP contribution in [0.5, 0.6) is 0 Å². The number of nitrogens with zero attached hydrogens (tertiary/aromatic N) is 1. The molecule has 2 aromatic rings. The highest BCUT2D eigenvalue weighted by molar-refractivity contribution is 9.10. The zero-order valence-electron chi connectivity index (χ0n) is 10.0. The third-order valence-corrected chi connectivity index (χ3v) is 3.90. The van der Waals surface area contributed by atoms with Crippen LogP contribution < -0.4 is 5.32 Å². The number of rotatable bonds is 4. The quantitative estimate of drug-likeness (QED) is 0.860. The van der Waals surface area contributed by atoms with Crippen molar-refractivity contribution in [2.24, 2.45) is 0 Å². The second kappa shape index (κ2) is 6.45. The molecule has 0 saturated heterocycles. The summed E-state index contributed by atoms with van der Waals surface area (Å²) >= 11 is 7.00. The van der Waals surface area contributed by atoms with E-state index in [9.17, 15) is 0 Å². The molecule has 1 atom stereocenters. The first kappa shape index (κ1) is 13.7. The summed E-state index contributed by atoms with van der Waals surface area (Å²) < 4.78 is 2.15. The SMILES string of the molecule is C[C@H](NCc1cncc(Br)c1)c1ccccc1Br. The maximum Gasteiger partial charge on any atom is 0.0410 e. The molecule has 0 unspecified atom stereocenters. The van der Waals surface area contributed by atoms with Crippen molar-refractivity contribution < 1.29 is 0 Å². The first-order chi connectivity index (χ1) is 8.66. The molecular weight excluding hydrogens is 356 g/mol. The van der Waals surface area contributed by atoms with Crippen LogP contribution in [-0.2, 0) is 6.54 Å². The Kier molecular flexibility index (Phi) is 4.92. The van der Waals surface area contributed by atoms with Gasteiger partial charge in [-0.25, -0.2) is 0 Å². The van der Waals surface area contributed by atoms with Gasteiger partial charge in [-0.2, -0.15) is 0 Å². The average Bonchev–Trinajstić information content (AvgIpc) is 2.37. The van der Waals surface area contributed by atoms with E-state index in [0.717, 1.165) is 15.5 Å². The van der Waals surface area contributed by atoms with Crippen molar-refractivity contribution in [3.05, 3.63) is 62.8 Å². The van der Waals surface area contributed by atoms with E-state index >= 15 is 0 Å². The summed E-state index contributed by atoms with van der Waals surface area (Å²) in [6.07, 6.45) is 3.67. The first-order valence-electron chi connectivity index (χ1n) is 5.74. The largest absolute Gasteiger partial charge is 0.306 e. The molecule has 0 fully saturated rings. The normalized spacial score (nSPS) is 12.4. The van der Waals surface area contributed by atoms with Crippen LogP contribution in [0.2, 0.25) is 0 Å². The predicted molar refractivity (Wildman–Crippen MR) is 81.3 cm³/mol. The maximum atomic E-state index is 4.16. The average molecular weight is 370 g/mol.